The summed E-state index contributed by atoms with van der Waals surface area (Å²) < 4.78 is 19.6. The molecule has 3 aromatic rings. The zero-order valence-corrected chi connectivity index (χ0v) is 13.9. The Morgan fingerprint density at radius 3 is 2.52 bits per heavy atom. The standard InChI is InChI=1S/C19H17FN2O3/c1-12(23)22-11-17(16-9-15(25-2)7-8-18(16)22)19(24)21-10-13-3-5-14(20)6-4-13/h3-9,11H,10H2,1-2H3,(H,21,24). The van der Waals surface area contributed by atoms with Crippen molar-refractivity contribution in [2.75, 3.05) is 7.11 Å². The molecule has 5 nitrogen and oxygen atoms in total. The second-order valence-electron chi connectivity index (χ2n) is 5.62. The maximum atomic E-state index is 12.9. The topological polar surface area (TPSA) is 60.3 Å². The lowest BCUT2D eigenvalue weighted by Crippen LogP contribution is -2.22. The molecule has 1 heterocycles. The zero-order valence-electron chi connectivity index (χ0n) is 13.9. The molecule has 1 amide bonds. The molecule has 0 unspecified atom stereocenters. The van der Waals surface area contributed by atoms with Crippen LogP contribution in [0, 0.1) is 5.82 Å². The van der Waals surface area contributed by atoms with E-state index in [1.54, 1.807) is 30.3 Å². The molecule has 0 saturated heterocycles. The first kappa shape index (κ1) is 16.7. The Morgan fingerprint density at radius 1 is 1.16 bits per heavy atom. The lowest BCUT2D eigenvalue weighted by atomic mass is 10.1. The van der Waals surface area contributed by atoms with E-state index in [4.69, 9.17) is 4.74 Å². The molecule has 6 heteroatoms. The lowest BCUT2D eigenvalue weighted by molar-refractivity contribution is 0.0941. The largest absolute Gasteiger partial charge is 0.497 e. The minimum Gasteiger partial charge on any atom is -0.497 e. The third-order valence-electron chi connectivity index (χ3n) is 3.96. The number of benzene rings is 2. The molecule has 0 radical (unpaired) electrons. The van der Waals surface area contributed by atoms with Crippen molar-refractivity contribution in [2.45, 2.75) is 13.5 Å². The first-order chi connectivity index (χ1) is 12.0. The Morgan fingerprint density at radius 2 is 1.88 bits per heavy atom. The number of nitrogens with one attached hydrogen (secondary N) is 1. The second-order valence-corrected chi connectivity index (χ2v) is 5.62. The zero-order chi connectivity index (χ0) is 18.0. The highest BCUT2D eigenvalue weighted by atomic mass is 19.1. The van der Waals surface area contributed by atoms with E-state index in [1.807, 2.05) is 0 Å². The monoisotopic (exact) mass is 340 g/mol. The van der Waals surface area contributed by atoms with Crippen molar-refractivity contribution in [3.05, 3.63) is 65.6 Å². The molecule has 0 bridgehead atoms. The Hall–Kier alpha value is -3.15. The van der Waals surface area contributed by atoms with Gasteiger partial charge in [-0.1, -0.05) is 12.1 Å². The predicted molar refractivity (Wildman–Crippen MR) is 92.4 cm³/mol. The van der Waals surface area contributed by atoms with Crippen LogP contribution in [0.15, 0.2) is 48.7 Å². The molecule has 0 aliphatic heterocycles. The molecule has 128 valence electrons. The van der Waals surface area contributed by atoms with Gasteiger partial charge >= 0.3 is 0 Å². The average molecular weight is 340 g/mol. The van der Waals surface area contributed by atoms with Gasteiger partial charge < -0.3 is 10.1 Å². The normalized spacial score (nSPS) is 10.7. The fourth-order valence-corrected chi connectivity index (χ4v) is 2.66. The quantitative estimate of drug-likeness (QED) is 0.792. The van der Waals surface area contributed by atoms with Crippen LogP contribution >= 0.6 is 0 Å². The van der Waals surface area contributed by atoms with E-state index in [9.17, 15) is 14.0 Å². The summed E-state index contributed by atoms with van der Waals surface area (Å²) in [6.07, 6.45) is 1.52. The van der Waals surface area contributed by atoms with Crippen molar-refractivity contribution in [2.24, 2.45) is 0 Å². The van der Waals surface area contributed by atoms with Crippen LogP contribution in [0.3, 0.4) is 0 Å². The van der Waals surface area contributed by atoms with Crippen LogP contribution < -0.4 is 10.1 Å². The molecule has 1 N–H and O–H groups in total. The molecule has 2 aromatic carbocycles. The number of carbonyl (C=O) groups is 2. The highest BCUT2D eigenvalue weighted by Crippen LogP contribution is 2.26. The summed E-state index contributed by atoms with van der Waals surface area (Å²) in [5.74, 6) is -0.233. The Labute approximate surface area is 144 Å². The van der Waals surface area contributed by atoms with Gasteiger partial charge in [0.25, 0.3) is 5.91 Å². The predicted octanol–water partition coefficient (Wildman–Crippen LogP) is 3.38. The number of hydrogen-bond donors (Lipinski definition) is 1. The molecule has 0 spiro atoms. The number of methoxy groups -OCH3 is 1. The van der Waals surface area contributed by atoms with Gasteiger partial charge in [-0.25, -0.2) is 4.39 Å². The number of ether oxygens (including phenoxy) is 1. The van der Waals surface area contributed by atoms with Gasteiger partial charge in [0.2, 0.25) is 5.91 Å². The highest BCUT2D eigenvalue weighted by Gasteiger charge is 2.17. The van der Waals surface area contributed by atoms with Crippen molar-refractivity contribution in [3.8, 4) is 5.75 Å². The number of carbonyl (C=O) groups excluding carboxylic acids is 2. The van der Waals surface area contributed by atoms with E-state index in [0.29, 0.717) is 22.2 Å². The second kappa shape index (κ2) is 6.76. The van der Waals surface area contributed by atoms with Crippen LogP contribution in [-0.2, 0) is 6.54 Å². The number of fused-ring (bicyclic) bond motifs is 1. The smallest absolute Gasteiger partial charge is 0.253 e. The molecule has 0 atom stereocenters. The van der Waals surface area contributed by atoms with E-state index in [1.165, 1.54) is 36.9 Å². The van der Waals surface area contributed by atoms with Crippen LogP contribution in [0.4, 0.5) is 4.39 Å². The van der Waals surface area contributed by atoms with Crippen LogP contribution in [0.5, 0.6) is 5.75 Å². The van der Waals surface area contributed by atoms with Crippen molar-refractivity contribution in [3.63, 3.8) is 0 Å². The fourth-order valence-electron chi connectivity index (χ4n) is 2.66. The van der Waals surface area contributed by atoms with Gasteiger partial charge in [-0.2, -0.15) is 0 Å². The third kappa shape index (κ3) is 3.38. The van der Waals surface area contributed by atoms with Crippen molar-refractivity contribution < 1.29 is 18.7 Å². The summed E-state index contributed by atoms with van der Waals surface area (Å²) in [4.78, 5) is 24.4. The summed E-state index contributed by atoms with van der Waals surface area (Å²) in [6.45, 7) is 1.69. The van der Waals surface area contributed by atoms with E-state index < -0.39 is 0 Å². The van der Waals surface area contributed by atoms with Gasteiger partial charge in [-0.05, 0) is 35.9 Å². The third-order valence-corrected chi connectivity index (χ3v) is 3.96. The van der Waals surface area contributed by atoms with Crippen LogP contribution in [0.25, 0.3) is 10.9 Å². The first-order valence-electron chi connectivity index (χ1n) is 7.72. The molecule has 3 rings (SSSR count). The van der Waals surface area contributed by atoms with Gasteiger partial charge in [0.1, 0.15) is 11.6 Å². The number of rotatable bonds is 4. The highest BCUT2D eigenvalue weighted by molar-refractivity contribution is 6.09. The molecule has 25 heavy (non-hydrogen) atoms. The first-order valence-corrected chi connectivity index (χ1v) is 7.72. The fraction of sp³-hybridized carbons (Fsp3) is 0.158. The van der Waals surface area contributed by atoms with Crippen molar-refractivity contribution >= 4 is 22.7 Å². The van der Waals surface area contributed by atoms with Crippen molar-refractivity contribution in [1.82, 2.24) is 9.88 Å². The number of aromatic nitrogens is 1. The molecule has 1 aromatic heterocycles. The van der Waals surface area contributed by atoms with Crippen molar-refractivity contribution in [1.29, 1.82) is 0 Å². The minimum absolute atomic E-state index is 0.187. The molecule has 0 saturated carbocycles. The van der Waals surface area contributed by atoms with Gasteiger partial charge in [0, 0.05) is 25.1 Å². The van der Waals surface area contributed by atoms with Crippen LogP contribution in [0.2, 0.25) is 0 Å². The van der Waals surface area contributed by atoms with Gasteiger partial charge in [-0.15, -0.1) is 0 Å². The summed E-state index contributed by atoms with van der Waals surface area (Å²) in [5.41, 5.74) is 1.80. The number of nitrogens with zero attached hydrogens (tertiary/aromatic N) is 1. The SMILES string of the molecule is COc1ccc2c(c1)c(C(=O)NCc1ccc(F)cc1)cn2C(C)=O. The van der Waals surface area contributed by atoms with Gasteiger partial charge in [0.05, 0.1) is 18.2 Å². The Balaban J connectivity index is 1.91. The lowest BCUT2D eigenvalue weighted by Gasteiger charge is -2.05. The minimum atomic E-state index is -0.327. The van der Waals surface area contributed by atoms with E-state index in [0.717, 1.165) is 5.56 Å². The average Bonchev–Trinajstić information content (AvgIpc) is 3.00. The number of amides is 1. The summed E-state index contributed by atoms with van der Waals surface area (Å²) in [5, 5.41) is 3.42. The van der Waals surface area contributed by atoms with Gasteiger partial charge in [-0.3, -0.25) is 14.2 Å². The Bertz CT molecular complexity index is 945. The molecule has 0 fully saturated rings. The van der Waals surface area contributed by atoms with Crippen LogP contribution in [0.1, 0.15) is 27.6 Å². The summed E-state index contributed by atoms with van der Waals surface area (Å²) in [7, 11) is 1.54. The Kier molecular flexibility index (Phi) is 4.52. The number of halogens is 1. The summed E-state index contributed by atoms with van der Waals surface area (Å²) >= 11 is 0. The molecular weight excluding hydrogens is 323 g/mol. The number of hydrogen-bond acceptors (Lipinski definition) is 3. The molecule has 0 aliphatic carbocycles. The molecule has 0 aliphatic rings. The maximum Gasteiger partial charge on any atom is 0.253 e. The summed E-state index contributed by atoms with van der Waals surface area (Å²) in [6, 6.07) is 11.1. The van der Waals surface area contributed by atoms with Gasteiger partial charge in [0.15, 0.2) is 0 Å². The van der Waals surface area contributed by atoms with E-state index >= 15 is 0 Å². The van der Waals surface area contributed by atoms with E-state index in [2.05, 4.69) is 5.32 Å². The molecular formula is C19H17FN2O3. The maximum absolute atomic E-state index is 12.9. The van der Waals surface area contributed by atoms with E-state index in [-0.39, 0.29) is 24.2 Å². The van der Waals surface area contributed by atoms with Crippen LogP contribution in [-0.4, -0.2) is 23.5 Å².